The van der Waals surface area contributed by atoms with Crippen LogP contribution in [0.25, 0.3) is 0 Å². The molecule has 1 aliphatic heterocycles. The minimum absolute atomic E-state index is 0.0197. The van der Waals surface area contributed by atoms with Crippen LogP contribution in [-0.4, -0.2) is 47.1 Å². The second kappa shape index (κ2) is 12.8. The van der Waals surface area contributed by atoms with Gasteiger partial charge in [0, 0.05) is 35.2 Å². The molecular formula is C25H40ClNO4. The maximum absolute atomic E-state index is 11.9. The van der Waals surface area contributed by atoms with Gasteiger partial charge in [-0.2, -0.15) is 0 Å². The molecule has 0 aromatic heterocycles. The first-order valence-corrected chi connectivity index (χ1v) is 12.1. The summed E-state index contributed by atoms with van der Waals surface area (Å²) in [6.07, 6.45) is 15.1. The third-order valence-electron chi connectivity index (χ3n) is 6.77. The fraction of sp³-hybridized carbons (Fsp3) is 0.720. The van der Waals surface area contributed by atoms with Crippen molar-refractivity contribution >= 4 is 17.6 Å². The van der Waals surface area contributed by atoms with Crippen LogP contribution in [0.5, 0.6) is 0 Å². The van der Waals surface area contributed by atoms with Crippen molar-refractivity contribution in [2.24, 2.45) is 11.8 Å². The Kier molecular flexibility index (Phi) is 10.8. The minimum Gasteiger partial charge on any atom is -0.463 e. The molecule has 2 aliphatic rings. The predicted molar refractivity (Wildman–Crippen MR) is 126 cm³/mol. The molecule has 0 amide bonds. The van der Waals surface area contributed by atoms with Gasteiger partial charge in [0.15, 0.2) is 0 Å². The third-order valence-corrected chi connectivity index (χ3v) is 7.08. The van der Waals surface area contributed by atoms with Crippen LogP contribution < -0.4 is 5.32 Å². The number of halogens is 1. The van der Waals surface area contributed by atoms with Gasteiger partial charge < -0.3 is 20.3 Å². The number of aliphatic hydroxyl groups excluding tert-OH is 2. The van der Waals surface area contributed by atoms with Crippen molar-refractivity contribution in [1.29, 1.82) is 0 Å². The Morgan fingerprint density at radius 2 is 2.00 bits per heavy atom. The molecule has 0 unspecified atom stereocenters. The van der Waals surface area contributed by atoms with Crippen molar-refractivity contribution in [2.75, 3.05) is 13.2 Å². The van der Waals surface area contributed by atoms with E-state index in [0.29, 0.717) is 41.5 Å². The van der Waals surface area contributed by atoms with Crippen LogP contribution in [0.1, 0.15) is 72.1 Å². The molecule has 1 saturated heterocycles. The van der Waals surface area contributed by atoms with Gasteiger partial charge >= 0.3 is 5.97 Å². The smallest absolute Gasteiger partial charge is 0.333 e. The van der Waals surface area contributed by atoms with Crippen LogP contribution in [0.15, 0.2) is 34.9 Å². The Hall–Kier alpha value is -1.14. The average molecular weight is 454 g/mol. The Bertz CT molecular complexity index is 674. The molecule has 0 aromatic rings. The van der Waals surface area contributed by atoms with E-state index in [1.165, 1.54) is 32.1 Å². The van der Waals surface area contributed by atoms with Crippen molar-refractivity contribution in [3.63, 3.8) is 0 Å². The number of hydrogen-bond acceptors (Lipinski definition) is 5. The van der Waals surface area contributed by atoms with E-state index in [2.05, 4.69) is 18.3 Å². The molecule has 1 aliphatic carbocycles. The molecule has 5 nitrogen and oxygen atoms in total. The van der Waals surface area contributed by atoms with Gasteiger partial charge in [-0.1, -0.05) is 49.6 Å². The van der Waals surface area contributed by atoms with Crippen molar-refractivity contribution in [3.8, 4) is 0 Å². The molecule has 176 valence electrons. The van der Waals surface area contributed by atoms with E-state index in [4.69, 9.17) is 21.4 Å². The van der Waals surface area contributed by atoms with Crippen LogP contribution in [-0.2, 0) is 9.53 Å². The van der Waals surface area contributed by atoms with Gasteiger partial charge in [-0.15, -0.1) is 0 Å². The lowest BCUT2D eigenvalue weighted by molar-refractivity contribution is -0.138. The number of carbonyl (C=O) groups is 1. The summed E-state index contributed by atoms with van der Waals surface area (Å²) in [6, 6.07) is 0.376. The molecule has 0 aromatic carbocycles. The van der Waals surface area contributed by atoms with Crippen molar-refractivity contribution < 1.29 is 19.7 Å². The number of nitrogens with one attached hydrogen (secondary N) is 1. The predicted octanol–water partition coefficient (Wildman–Crippen LogP) is 4.63. The molecular weight excluding hydrogens is 414 g/mol. The molecule has 0 bridgehead atoms. The molecule has 2 rings (SSSR count). The SMILES string of the molecule is CCOC(=O)/C(C)=C/C[C@H]1CCC[C@]2(CCC[C@@H]2[C@H](C)/C=C/[C@@H](O)/C=C(\Cl)CCO)N1. The lowest BCUT2D eigenvalue weighted by Gasteiger charge is -2.45. The monoisotopic (exact) mass is 453 g/mol. The number of carbonyl (C=O) groups excluding carboxylic acids is 1. The zero-order valence-electron chi connectivity index (χ0n) is 19.3. The van der Waals surface area contributed by atoms with Crippen LogP contribution in [0.4, 0.5) is 0 Å². The number of allylic oxidation sites excluding steroid dienone is 1. The van der Waals surface area contributed by atoms with E-state index in [1.807, 2.05) is 26.0 Å². The van der Waals surface area contributed by atoms with Gasteiger partial charge in [0.1, 0.15) is 0 Å². The Morgan fingerprint density at radius 3 is 2.68 bits per heavy atom. The normalized spacial score (nSPS) is 29.5. The molecule has 6 heteroatoms. The van der Waals surface area contributed by atoms with Gasteiger partial charge in [-0.3, -0.25) is 0 Å². The molecule has 1 heterocycles. The lowest BCUT2D eigenvalue weighted by atomic mass is 9.72. The van der Waals surface area contributed by atoms with Crippen LogP contribution in [0, 0.1) is 11.8 Å². The highest BCUT2D eigenvalue weighted by molar-refractivity contribution is 6.29. The van der Waals surface area contributed by atoms with Crippen molar-refractivity contribution in [2.45, 2.75) is 89.8 Å². The average Bonchev–Trinajstić information content (AvgIpc) is 3.13. The summed E-state index contributed by atoms with van der Waals surface area (Å²) in [5.74, 6) is 0.633. The fourth-order valence-electron chi connectivity index (χ4n) is 5.25. The first-order valence-electron chi connectivity index (χ1n) is 11.8. The van der Waals surface area contributed by atoms with Gasteiger partial charge in [-0.25, -0.2) is 4.79 Å². The van der Waals surface area contributed by atoms with E-state index < -0.39 is 6.10 Å². The van der Waals surface area contributed by atoms with E-state index >= 15 is 0 Å². The van der Waals surface area contributed by atoms with Crippen LogP contribution >= 0.6 is 11.6 Å². The van der Waals surface area contributed by atoms with E-state index in [-0.39, 0.29) is 18.1 Å². The maximum Gasteiger partial charge on any atom is 0.333 e. The summed E-state index contributed by atoms with van der Waals surface area (Å²) >= 11 is 6.00. The molecule has 3 N–H and O–H groups in total. The zero-order chi connectivity index (χ0) is 22.9. The summed E-state index contributed by atoms with van der Waals surface area (Å²) in [4.78, 5) is 11.9. The van der Waals surface area contributed by atoms with E-state index in [9.17, 15) is 9.90 Å². The Morgan fingerprint density at radius 1 is 1.29 bits per heavy atom. The summed E-state index contributed by atoms with van der Waals surface area (Å²) < 4.78 is 5.09. The van der Waals surface area contributed by atoms with E-state index in [0.717, 1.165) is 12.8 Å². The molecule has 5 atom stereocenters. The van der Waals surface area contributed by atoms with Gasteiger partial charge in [-0.05, 0) is 63.9 Å². The van der Waals surface area contributed by atoms with Crippen LogP contribution in [0.2, 0.25) is 0 Å². The summed E-state index contributed by atoms with van der Waals surface area (Å²) in [5.41, 5.74) is 0.817. The number of aliphatic hydroxyl groups is 2. The second-order valence-corrected chi connectivity index (χ2v) is 9.54. The Balaban J connectivity index is 2.00. The second-order valence-electron chi connectivity index (χ2n) is 9.05. The molecule has 1 spiro atoms. The van der Waals surface area contributed by atoms with Crippen molar-refractivity contribution in [1.82, 2.24) is 5.32 Å². The first kappa shape index (κ1) is 26.1. The number of rotatable bonds is 10. The molecule has 1 saturated carbocycles. The van der Waals surface area contributed by atoms with Crippen molar-refractivity contribution in [3.05, 3.63) is 34.9 Å². The fourth-order valence-corrected chi connectivity index (χ4v) is 5.46. The third kappa shape index (κ3) is 7.74. The number of hydrogen-bond donors (Lipinski definition) is 3. The molecule has 0 radical (unpaired) electrons. The zero-order valence-corrected chi connectivity index (χ0v) is 20.0. The number of esters is 1. The summed E-state index contributed by atoms with van der Waals surface area (Å²) in [5, 5.41) is 23.6. The van der Waals surface area contributed by atoms with E-state index in [1.54, 1.807) is 6.08 Å². The lowest BCUT2D eigenvalue weighted by Crippen LogP contribution is -2.56. The first-order chi connectivity index (χ1) is 14.8. The Labute approximate surface area is 192 Å². The number of piperidine rings is 1. The van der Waals surface area contributed by atoms with Crippen LogP contribution in [0.3, 0.4) is 0 Å². The molecule has 2 fully saturated rings. The maximum atomic E-state index is 11.9. The topological polar surface area (TPSA) is 78.8 Å². The minimum atomic E-state index is -0.734. The van der Waals surface area contributed by atoms with Gasteiger partial charge in [0.05, 0.1) is 12.7 Å². The standard InChI is InChI=1S/C25H40ClNO4/c1-4-31-24(30)19(3)9-11-21-7-5-14-25(27-21)15-6-8-23(25)18(2)10-12-22(29)17-20(26)13-16-28/h9-10,12,17-18,21-23,27-29H,4-8,11,13-16H2,1-3H3/b12-10+,19-9+,20-17-/t18-,21-,22-,23-,25-/m1/s1. The van der Waals surface area contributed by atoms with Gasteiger partial charge in [0.25, 0.3) is 0 Å². The number of ether oxygens (including phenoxy) is 1. The summed E-state index contributed by atoms with van der Waals surface area (Å²) in [7, 11) is 0. The highest BCUT2D eigenvalue weighted by atomic mass is 35.5. The highest BCUT2D eigenvalue weighted by Gasteiger charge is 2.46. The summed E-state index contributed by atoms with van der Waals surface area (Å²) in [6.45, 7) is 6.27. The quantitative estimate of drug-likeness (QED) is 0.255. The van der Waals surface area contributed by atoms with Gasteiger partial charge in [0.2, 0.25) is 0 Å². The molecule has 31 heavy (non-hydrogen) atoms. The highest BCUT2D eigenvalue weighted by Crippen LogP contribution is 2.46. The largest absolute Gasteiger partial charge is 0.463 e.